The molecule has 126 valence electrons. The second kappa shape index (κ2) is 6.38. The fourth-order valence-electron chi connectivity index (χ4n) is 3.21. The number of rotatable bonds is 5. The fourth-order valence-corrected chi connectivity index (χ4v) is 3.21. The Labute approximate surface area is 141 Å². The van der Waals surface area contributed by atoms with Crippen molar-refractivity contribution < 1.29 is 9.52 Å². The SMILES string of the molecule is CCN(Cc1cc(=O)oc2ccc3ccccc3c12)CC(C)(C)O. The van der Waals surface area contributed by atoms with Crippen molar-refractivity contribution in [3.8, 4) is 0 Å². The van der Waals surface area contributed by atoms with Gasteiger partial charge in [0.05, 0.1) is 5.60 Å². The van der Waals surface area contributed by atoms with Gasteiger partial charge in [-0.1, -0.05) is 37.3 Å². The first-order valence-electron chi connectivity index (χ1n) is 8.26. The van der Waals surface area contributed by atoms with Crippen LogP contribution in [-0.2, 0) is 6.54 Å². The molecule has 0 radical (unpaired) electrons. The molecule has 1 aromatic heterocycles. The lowest BCUT2D eigenvalue weighted by atomic mass is 10.0. The van der Waals surface area contributed by atoms with Crippen molar-refractivity contribution in [2.24, 2.45) is 0 Å². The van der Waals surface area contributed by atoms with E-state index in [1.165, 1.54) is 0 Å². The quantitative estimate of drug-likeness (QED) is 0.576. The Hall–Kier alpha value is -2.17. The maximum absolute atomic E-state index is 12.0. The Kier molecular flexibility index (Phi) is 4.43. The van der Waals surface area contributed by atoms with Gasteiger partial charge in [0, 0.05) is 24.5 Å². The standard InChI is InChI=1S/C20H23NO3/c1-4-21(13-20(2,3)23)12-15-11-18(22)24-17-10-9-14-7-5-6-8-16(14)19(15)17/h5-11,23H,4,12-13H2,1-3H3. The van der Waals surface area contributed by atoms with Gasteiger partial charge < -0.3 is 9.52 Å². The lowest BCUT2D eigenvalue weighted by molar-refractivity contribution is 0.0354. The Morgan fingerprint density at radius 3 is 2.62 bits per heavy atom. The monoisotopic (exact) mass is 325 g/mol. The van der Waals surface area contributed by atoms with Crippen molar-refractivity contribution >= 4 is 21.7 Å². The smallest absolute Gasteiger partial charge is 0.336 e. The first kappa shape index (κ1) is 16.7. The normalized spacial score (nSPS) is 12.4. The summed E-state index contributed by atoms with van der Waals surface area (Å²) in [4.78, 5) is 14.1. The summed E-state index contributed by atoms with van der Waals surface area (Å²) in [6.45, 7) is 7.56. The van der Waals surface area contributed by atoms with E-state index in [1.807, 2.05) is 30.3 Å². The average molecular weight is 325 g/mol. The molecular formula is C20H23NO3. The average Bonchev–Trinajstić information content (AvgIpc) is 2.52. The van der Waals surface area contributed by atoms with E-state index < -0.39 is 5.60 Å². The molecule has 0 fully saturated rings. The van der Waals surface area contributed by atoms with E-state index in [2.05, 4.69) is 17.9 Å². The molecule has 4 nitrogen and oxygen atoms in total. The Bertz CT molecular complexity index is 921. The maximum atomic E-state index is 12.0. The summed E-state index contributed by atoms with van der Waals surface area (Å²) >= 11 is 0. The number of hydrogen-bond donors (Lipinski definition) is 1. The molecule has 0 amide bonds. The minimum absolute atomic E-state index is 0.341. The van der Waals surface area contributed by atoms with Crippen molar-refractivity contribution in [3.63, 3.8) is 0 Å². The van der Waals surface area contributed by atoms with Crippen LogP contribution in [0.2, 0.25) is 0 Å². The van der Waals surface area contributed by atoms with Crippen LogP contribution in [0.5, 0.6) is 0 Å². The topological polar surface area (TPSA) is 53.7 Å². The van der Waals surface area contributed by atoms with E-state index in [4.69, 9.17) is 4.42 Å². The number of hydrogen-bond acceptors (Lipinski definition) is 4. The van der Waals surface area contributed by atoms with E-state index in [0.29, 0.717) is 18.7 Å². The van der Waals surface area contributed by atoms with Gasteiger partial charge in [0.15, 0.2) is 0 Å². The Morgan fingerprint density at radius 2 is 1.92 bits per heavy atom. The molecule has 0 spiro atoms. The van der Waals surface area contributed by atoms with Crippen LogP contribution < -0.4 is 5.63 Å². The molecule has 3 aromatic rings. The maximum Gasteiger partial charge on any atom is 0.336 e. The first-order valence-corrected chi connectivity index (χ1v) is 8.26. The van der Waals surface area contributed by atoms with Gasteiger partial charge >= 0.3 is 5.63 Å². The highest BCUT2D eigenvalue weighted by atomic mass is 16.4. The molecule has 0 saturated heterocycles. The van der Waals surface area contributed by atoms with E-state index in [1.54, 1.807) is 19.9 Å². The zero-order chi connectivity index (χ0) is 17.3. The van der Waals surface area contributed by atoms with Crippen molar-refractivity contribution in [1.29, 1.82) is 0 Å². The van der Waals surface area contributed by atoms with Crippen LogP contribution >= 0.6 is 0 Å². The molecule has 24 heavy (non-hydrogen) atoms. The molecule has 1 N–H and O–H groups in total. The number of aliphatic hydroxyl groups is 1. The van der Waals surface area contributed by atoms with E-state index >= 15 is 0 Å². The molecule has 0 aliphatic rings. The summed E-state index contributed by atoms with van der Waals surface area (Å²) in [5.41, 5.74) is 0.416. The third-order valence-corrected chi connectivity index (χ3v) is 4.17. The molecule has 0 aliphatic carbocycles. The molecule has 0 unspecified atom stereocenters. The Morgan fingerprint density at radius 1 is 1.17 bits per heavy atom. The lowest BCUT2D eigenvalue weighted by Crippen LogP contribution is -2.38. The first-order chi connectivity index (χ1) is 11.4. The van der Waals surface area contributed by atoms with E-state index in [9.17, 15) is 9.90 Å². The van der Waals surface area contributed by atoms with Crippen LogP contribution in [0, 0.1) is 0 Å². The molecule has 1 heterocycles. The van der Waals surface area contributed by atoms with Gasteiger partial charge in [-0.3, -0.25) is 4.90 Å². The second-order valence-corrected chi connectivity index (χ2v) is 6.87. The summed E-state index contributed by atoms with van der Waals surface area (Å²) in [6, 6.07) is 13.5. The zero-order valence-electron chi connectivity index (χ0n) is 14.4. The van der Waals surface area contributed by atoms with Gasteiger partial charge in [-0.2, -0.15) is 0 Å². The molecule has 0 aliphatic heterocycles. The van der Waals surface area contributed by atoms with Crippen LogP contribution in [0.25, 0.3) is 21.7 Å². The van der Waals surface area contributed by atoms with E-state index in [-0.39, 0.29) is 5.63 Å². The summed E-state index contributed by atoms with van der Waals surface area (Å²) in [6.07, 6.45) is 0. The molecule has 0 saturated carbocycles. The third-order valence-electron chi connectivity index (χ3n) is 4.17. The van der Waals surface area contributed by atoms with Crippen LogP contribution in [-0.4, -0.2) is 28.7 Å². The number of nitrogens with zero attached hydrogens (tertiary/aromatic N) is 1. The van der Waals surface area contributed by atoms with Crippen LogP contribution in [0.15, 0.2) is 51.7 Å². The lowest BCUT2D eigenvalue weighted by Gasteiger charge is -2.28. The van der Waals surface area contributed by atoms with Gasteiger partial charge in [-0.25, -0.2) is 4.79 Å². The minimum Gasteiger partial charge on any atom is -0.423 e. The predicted octanol–water partition coefficient (Wildman–Crippen LogP) is 3.54. The van der Waals surface area contributed by atoms with Gasteiger partial charge in [-0.05, 0) is 42.8 Å². The van der Waals surface area contributed by atoms with Crippen molar-refractivity contribution in [2.75, 3.05) is 13.1 Å². The highest BCUT2D eigenvalue weighted by molar-refractivity contribution is 6.07. The molecule has 0 atom stereocenters. The van der Waals surface area contributed by atoms with Gasteiger partial charge in [-0.15, -0.1) is 0 Å². The summed E-state index contributed by atoms with van der Waals surface area (Å²) in [5, 5.41) is 13.3. The second-order valence-electron chi connectivity index (χ2n) is 6.87. The zero-order valence-corrected chi connectivity index (χ0v) is 14.4. The summed E-state index contributed by atoms with van der Waals surface area (Å²) < 4.78 is 5.40. The highest BCUT2D eigenvalue weighted by Gasteiger charge is 2.19. The van der Waals surface area contributed by atoms with Gasteiger partial charge in [0.25, 0.3) is 0 Å². The van der Waals surface area contributed by atoms with E-state index in [0.717, 1.165) is 28.3 Å². The van der Waals surface area contributed by atoms with Crippen LogP contribution in [0.1, 0.15) is 26.3 Å². The highest BCUT2D eigenvalue weighted by Crippen LogP contribution is 2.28. The van der Waals surface area contributed by atoms with Crippen LogP contribution in [0.4, 0.5) is 0 Å². The Balaban J connectivity index is 2.15. The molecule has 4 heteroatoms. The van der Waals surface area contributed by atoms with Gasteiger partial charge in [0.2, 0.25) is 0 Å². The van der Waals surface area contributed by atoms with Gasteiger partial charge in [0.1, 0.15) is 5.58 Å². The fraction of sp³-hybridized carbons (Fsp3) is 0.350. The summed E-state index contributed by atoms with van der Waals surface area (Å²) in [7, 11) is 0. The largest absolute Gasteiger partial charge is 0.423 e. The molecule has 2 aromatic carbocycles. The van der Waals surface area contributed by atoms with Crippen molar-refractivity contribution in [1.82, 2.24) is 4.90 Å². The minimum atomic E-state index is -0.784. The molecular weight excluding hydrogens is 302 g/mol. The molecule has 3 rings (SSSR count). The van der Waals surface area contributed by atoms with Crippen molar-refractivity contribution in [3.05, 3.63) is 58.4 Å². The van der Waals surface area contributed by atoms with Crippen LogP contribution in [0.3, 0.4) is 0 Å². The summed E-state index contributed by atoms with van der Waals surface area (Å²) in [5.74, 6) is 0. The number of fused-ring (bicyclic) bond motifs is 3. The predicted molar refractivity (Wildman–Crippen MR) is 97.2 cm³/mol. The third kappa shape index (κ3) is 3.50. The van der Waals surface area contributed by atoms with Crippen molar-refractivity contribution in [2.45, 2.75) is 32.9 Å². The number of likely N-dealkylation sites (N-methyl/N-ethyl adjacent to an activating group) is 1. The molecule has 0 bridgehead atoms. The number of benzene rings is 2.